The Morgan fingerprint density at radius 3 is 2.40 bits per heavy atom. The van der Waals surface area contributed by atoms with Gasteiger partial charge in [0.25, 0.3) is 5.69 Å². The topological polar surface area (TPSA) is 92.7 Å². The van der Waals surface area contributed by atoms with Crippen molar-refractivity contribution in [2.75, 3.05) is 31.1 Å². The first kappa shape index (κ1) is 19.6. The molecule has 0 bridgehead atoms. The molecular weight excluding hydrogens is 384 g/mol. The number of aromatic nitrogens is 1. The zero-order valence-electron chi connectivity index (χ0n) is 16.4. The predicted molar refractivity (Wildman–Crippen MR) is 112 cm³/mol. The lowest BCUT2D eigenvalue weighted by atomic mass is 10.2. The number of nitro groups is 1. The largest absolute Gasteiger partial charge is 0.441 e. The summed E-state index contributed by atoms with van der Waals surface area (Å²) in [6, 6.07) is 16.3. The molecule has 8 nitrogen and oxygen atoms in total. The summed E-state index contributed by atoms with van der Waals surface area (Å²) in [6.07, 6.45) is 2.51. The standard InChI is InChI=1S/C22H22N4O4/c27-22(11-10-21-23-16-20(30-21)17-4-2-1-3-5-17)25-14-12-24(13-15-25)18-6-8-19(9-7-18)26(28)29/h1-9,16H,10-15H2. The normalized spacial score (nSPS) is 14.0. The molecule has 0 aliphatic carbocycles. The van der Waals surface area contributed by atoms with Crippen molar-refractivity contribution in [2.45, 2.75) is 12.8 Å². The summed E-state index contributed by atoms with van der Waals surface area (Å²) in [5.41, 5.74) is 1.97. The lowest BCUT2D eigenvalue weighted by molar-refractivity contribution is -0.384. The second-order valence-corrected chi connectivity index (χ2v) is 7.13. The first-order valence-electron chi connectivity index (χ1n) is 9.87. The lowest BCUT2D eigenvalue weighted by Crippen LogP contribution is -2.48. The maximum atomic E-state index is 12.6. The van der Waals surface area contributed by atoms with Gasteiger partial charge in [-0.15, -0.1) is 0 Å². The van der Waals surface area contributed by atoms with E-state index in [0.29, 0.717) is 50.7 Å². The van der Waals surface area contributed by atoms with Crippen LogP contribution in [0.15, 0.2) is 65.2 Å². The van der Waals surface area contributed by atoms with Crippen molar-refractivity contribution in [1.82, 2.24) is 9.88 Å². The predicted octanol–water partition coefficient (Wildman–Crippen LogP) is 3.53. The fourth-order valence-corrected chi connectivity index (χ4v) is 3.53. The van der Waals surface area contributed by atoms with Gasteiger partial charge >= 0.3 is 0 Å². The summed E-state index contributed by atoms with van der Waals surface area (Å²) in [7, 11) is 0. The Morgan fingerprint density at radius 1 is 1.03 bits per heavy atom. The second kappa shape index (κ2) is 8.77. The third kappa shape index (κ3) is 4.48. The van der Waals surface area contributed by atoms with Gasteiger partial charge in [-0.1, -0.05) is 30.3 Å². The fraction of sp³-hybridized carbons (Fsp3) is 0.273. The Kier molecular flexibility index (Phi) is 5.74. The van der Waals surface area contributed by atoms with Gasteiger partial charge in [0.05, 0.1) is 11.1 Å². The highest BCUT2D eigenvalue weighted by Crippen LogP contribution is 2.22. The van der Waals surface area contributed by atoms with Crippen LogP contribution in [-0.4, -0.2) is 46.9 Å². The molecule has 0 spiro atoms. The zero-order valence-corrected chi connectivity index (χ0v) is 16.4. The molecule has 0 saturated carbocycles. The summed E-state index contributed by atoms with van der Waals surface area (Å²) >= 11 is 0. The van der Waals surface area contributed by atoms with Crippen LogP contribution in [0.5, 0.6) is 0 Å². The van der Waals surface area contributed by atoms with Gasteiger partial charge in [-0.2, -0.15) is 0 Å². The van der Waals surface area contributed by atoms with E-state index in [1.54, 1.807) is 18.3 Å². The van der Waals surface area contributed by atoms with Crippen LogP contribution in [-0.2, 0) is 11.2 Å². The molecule has 8 heteroatoms. The molecular formula is C22H22N4O4. The number of hydrogen-bond acceptors (Lipinski definition) is 6. The van der Waals surface area contributed by atoms with Crippen LogP contribution in [0.4, 0.5) is 11.4 Å². The summed E-state index contributed by atoms with van der Waals surface area (Å²) in [5, 5.41) is 10.8. The minimum absolute atomic E-state index is 0.0783. The summed E-state index contributed by atoms with van der Waals surface area (Å²) in [5.74, 6) is 1.35. The van der Waals surface area contributed by atoms with E-state index in [-0.39, 0.29) is 11.6 Å². The number of nitrogens with zero attached hydrogens (tertiary/aromatic N) is 4. The number of piperazine rings is 1. The molecule has 30 heavy (non-hydrogen) atoms. The van der Waals surface area contributed by atoms with Crippen molar-refractivity contribution < 1.29 is 14.1 Å². The van der Waals surface area contributed by atoms with Crippen molar-refractivity contribution in [3.63, 3.8) is 0 Å². The minimum atomic E-state index is -0.406. The van der Waals surface area contributed by atoms with E-state index in [1.807, 2.05) is 35.2 Å². The molecule has 4 rings (SSSR count). The number of benzene rings is 2. The van der Waals surface area contributed by atoms with Crippen molar-refractivity contribution in [3.05, 3.63) is 76.8 Å². The SMILES string of the molecule is O=C(CCc1ncc(-c2ccccc2)o1)N1CCN(c2ccc([N+](=O)[O-])cc2)CC1. The highest BCUT2D eigenvalue weighted by atomic mass is 16.6. The number of hydrogen-bond donors (Lipinski definition) is 0. The third-order valence-corrected chi connectivity index (χ3v) is 5.22. The molecule has 154 valence electrons. The maximum absolute atomic E-state index is 12.6. The third-order valence-electron chi connectivity index (χ3n) is 5.22. The molecule has 0 atom stereocenters. The zero-order chi connectivity index (χ0) is 20.9. The minimum Gasteiger partial charge on any atom is -0.441 e. The van der Waals surface area contributed by atoms with E-state index in [4.69, 9.17) is 4.42 Å². The molecule has 2 heterocycles. The smallest absolute Gasteiger partial charge is 0.269 e. The highest BCUT2D eigenvalue weighted by molar-refractivity contribution is 5.76. The number of oxazole rings is 1. The number of non-ortho nitro benzene ring substituents is 1. The molecule has 1 aliphatic heterocycles. The fourth-order valence-electron chi connectivity index (χ4n) is 3.53. The molecule has 2 aromatic carbocycles. The lowest BCUT2D eigenvalue weighted by Gasteiger charge is -2.36. The van der Waals surface area contributed by atoms with Gasteiger partial charge in [0.15, 0.2) is 11.7 Å². The Balaban J connectivity index is 1.26. The number of nitro benzene ring substituents is 1. The number of aryl methyl sites for hydroxylation is 1. The Bertz CT molecular complexity index is 1010. The average molecular weight is 406 g/mol. The molecule has 3 aromatic rings. The van der Waals surface area contributed by atoms with E-state index in [1.165, 1.54) is 12.1 Å². The Labute approximate surface area is 173 Å². The van der Waals surface area contributed by atoms with Crippen LogP contribution in [0.3, 0.4) is 0 Å². The maximum Gasteiger partial charge on any atom is 0.269 e. The van der Waals surface area contributed by atoms with Crippen molar-refractivity contribution in [2.24, 2.45) is 0 Å². The number of carbonyl (C=O) groups is 1. The van der Waals surface area contributed by atoms with Crippen LogP contribution in [0.25, 0.3) is 11.3 Å². The van der Waals surface area contributed by atoms with Gasteiger partial charge in [0, 0.05) is 62.4 Å². The number of amides is 1. The molecule has 1 amide bonds. The summed E-state index contributed by atoms with van der Waals surface area (Å²) in [4.78, 5) is 31.2. The molecule has 0 N–H and O–H groups in total. The summed E-state index contributed by atoms with van der Waals surface area (Å²) in [6.45, 7) is 2.63. The molecule has 0 radical (unpaired) electrons. The van der Waals surface area contributed by atoms with E-state index < -0.39 is 4.92 Å². The van der Waals surface area contributed by atoms with Crippen molar-refractivity contribution in [3.8, 4) is 11.3 Å². The van der Waals surface area contributed by atoms with Crippen LogP contribution >= 0.6 is 0 Å². The van der Waals surface area contributed by atoms with Gasteiger partial charge in [0.2, 0.25) is 5.91 Å². The molecule has 1 aliphatic rings. The van der Waals surface area contributed by atoms with Gasteiger partial charge in [0.1, 0.15) is 0 Å². The van der Waals surface area contributed by atoms with E-state index >= 15 is 0 Å². The van der Waals surface area contributed by atoms with Crippen molar-refractivity contribution in [1.29, 1.82) is 0 Å². The number of carbonyl (C=O) groups excluding carboxylic acids is 1. The van der Waals surface area contributed by atoms with Crippen LogP contribution in [0, 0.1) is 10.1 Å². The van der Waals surface area contributed by atoms with E-state index in [0.717, 1.165) is 11.3 Å². The first-order valence-corrected chi connectivity index (χ1v) is 9.87. The number of anilines is 1. The molecule has 1 aromatic heterocycles. The molecule has 1 saturated heterocycles. The molecule has 1 fully saturated rings. The van der Waals surface area contributed by atoms with Crippen LogP contribution in [0.2, 0.25) is 0 Å². The van der Waals surface area contributed by atoms with Gasteiger partial charge in [-0.3, -0.25) is 14.9 Å². The van der Waals surface area contributed by atoms with Gasteiger partial charge in [-0.25, -0.2) is 4.98 Å². The van der Waals surface area contributed by atoms with Gasteiger partial charge < -0.3 is 14.2 Å². The Morgan fingerprint density at radius 2 is 1.73 bits per heavy atom. The summed E-state index contributed by atoms with van der Waals surface area (Å²) < 4.78 is 5.77. The number of rotatable bonds is 6. The highest BCUT2D eigenvalue weighted by Gasteiger charge is 2.22. The quantitative estimate of drug-likeness (QED) is 0.459. The average Bonchev–Trinajstić information content (AvgIpc) is 3.27. The van der Waals surface area contributed by atoms with Crippen LogP contribution in [0.1, 0.15) is 12.3 Å². The Hall–Kier alpha value is -3.68. The van der Waals surface area contributed by atoms with Crippen molar-refractivity contribution >= 4 is 17.3 Å². The van der Waals surface area contributed by atoms with E-state index in [2.05, 4.69) is 9.88 Å². The van der Waals surface area contributed by atoms with Crippen LogP contribution < -0.4 is 4.90 Å². The molecule has 0 unspecified atom stereocenters. The van der Waals surface area contributed by atoms with E-state index in [9.17, 15) is 14.9 Å². The second-order valence-electron chi connectivity index (χ2n) is 7.13. The first-order chi connectivity index (χ1) is 14.6. The monoisotopic (exact) mass is 406 g/mol. The van der Waals surface area contributed by atoms with Gasteiger partial charge in [-0.05, 0) is 12.1 Å².